The molecule has 1 unspecified atom stereocenters. The molecule has 0 radical (unpaired) electrons. The van der Waals surface area contributed by atoms with Gasteiger partial charge in [0.05, 0.1) is 10.6 Å². The Labute approximate surface area is 126 Å². The first kappa shape index (κ1) is 16.0. The third-order valence-corrected chi connectivity index (χ3v) is 6.11. The third-order valence-electron chi connectivity index (χ3n) is 4.08. The van der Waals surface area contributed by atoms with E-state index in [2.05, 4.69) is 5.16 Å². The summed E-state index contributed by atoms with van der Waals surface area (Å²) in [6, 6.07) is 5.38. The number of aryl methyl sites for hydroxylation is 2. The van der Waals surface area contributed by atoms with Crippen molar-refractivity contribution in [1.82, 2.24) is 4.31 Å². The maximum Gasteiger partial charge on any atom is 0.243 e. The lowest BCUT2D eigenvalue weighted by atomic mass is 9.95. The summed E-state index contributed by atoms with van der Waals surface area (Å²) in [5, 5.41) is 12.3. The first-order valence-electron chi connectivity index (χ1n) is 7.18. The average Bonchev–Trinajstić information content (AvgIpc) is 2.46. The van der Waals surface area contributed by atoms with Gasteiger partial charge < -0.3 is 5.21 Å². The minimum Gasteiger partial charge on any atom is -0.411 e. The molecule has 0 spiro atoms. The summed E-state index contributed by atoms with van der Waals surface area (Å²) < 4.78 is 27.1. The lowest BCUT2D eigenvalue weighted by Crippen LogP contribution is -2.44. The van der Waals surface area contributed by atoms with Gasteiger partial charge in [-0.2, -0.15) is 4.31 Å². The van der Waals surface area contributed by atoms with Gasteiger partial charge in [0.2, 0.25) is 10.0 Å². The maximum absolute atomic E-state index is 12.8. The Bertz CT molecular complexity index is 653. The van der Waals surface area contributed by atoms with Crippen molar-refractivity contribution in [2.24, 2.45) is 11.1 Å². The molecule has 1 N–H and O–H groups in total. The molecule has 1 saturated heterocycles. The molecule has 1 aliphatic heterocycles. The van der Waals surface area contributed by atoms with Gasteiger partial charge in [0.1, 0.15) is 0 Å². The van der Waals surface area contributed by atoms with Gasteiger partial charge in [-0.15, -0.1) is 0 Å². The number of sulfonamides is 1. The Morgan fingerprint density at radius 1 is 1.38 bits per heavy atom. The molecule has 0 saturated carbocycles. The van der Waals surface area contributed by atoms with Crippen LogP contribution in [0.3, 0.4) is 0 Å². The first-order chi connectivity index (χ1) is 9.90. The summed E-state index contributed by atoms with van der Waals surface area (Å²) in [5.41, 5.74) is 2.51. The molecule has 116 valence electrons. The van der Waals surface area contributed by atoms with Crippen LogP contribution in [0.1, 0.15) is 30.9 Å². The van der Waals surface area contributed by atoms with Crippen molar-refractivity contribution in [3.63, 3.8) is 0 Å². The SMILES string of the molecule is CCC1CN(S(=O)(=O)c2ccc(C)cc2C)CC/C1=N\O. The molecule has 0 amide bonds. The smallest absolute Gasteiger partial charge is 0.243 e. The molecule has 0 aliphatic carbocycles. The van der Waals surface area contributed by atoms with Crippen molar-refractivity contribution in [2.75, 3.05) is 13.1 Å². The highest BCUT2D eigenvalue weighted by Gasteiger charge is 2.33. The fraction of sp³-hybridized carbons (Fsp3) is 0.533. The van der Waals surface area contributed by atoms with Gasteiger partial charge >= 0.3 is 0 Å². The molecule has 1 fully saturated rings. The van der Waals surface area contributed by atoms with E-state index in [0.717, 1.165) is 17.5 Å². The summed E-state index contributed by atoms with van der Waals surface area (Å²) in [4.78, 5) is 0.368. The molecule has 1 atom stereocenters. The first-order valence-corrected chi connectivity index (χ1v) is 8.62. The number of hydrogen-bond donors (Lipinski definition) is 1. The standard InChI is InChI=1S/C15H22N2O3S/c1-4-13-10-17(8-7-14(13)16-18)21(19,20)15-6-5-11(2)9-12(15)3/h5-6,9,13,18H,4,7-8,10H2,1-3H3/b16-14+. The molecule has 0 aromatic heterocycles. The van der Waals surface area contributed by atoms with Crippen LogP contribution in [0.15, 0.2) is 28.3 Å². The van der Waals surface area contributed by atoms with Crippen LogP contribution in [0.2, 0.25) is 0 Å². The van der Waals surface area contributed by atoms with Crippen LogP contribution >= 0.6 is 0 Å². The summed E-state index contributed by atoms with van der Waals surface area (Å²) in [6.07, 6.45) is 1.25. The maximum atomic E-state index is 12.8. The number of oxime groups is 1. The zero-order valence-corrected chi connectivity index (χ0v) is 13.5. The van der Waals surface area contributed by atoms with Crippen molar-refractivity contribution in [3.8, 4) is 0 Å². The van der Waals surface area contributed by atoms with Gasteiger partial charge in [-0.3, -0.25) is 0 Å². The number of nitrogens with zero attached hydrogens (tertiary/aromatic N) is 2. The van der Waals surface area contributed by atoms with Gasteiger partial charge in [-0.05, 0) is 31.9 Å². The molecule has 21 heavy (non-hydrogen) atoms. The summed E-state index contributed by atoms with van der Waals surface area (Å²) in [6.45, 7) is 6.49. The molecule has 1 heterocycles. The number of piperidine rings is 1. The summed E-state index contributed by atoms with van der Waals surface area (Å²) >= 11 is 0. The Hall–Kier alpha value is -1.40. The predicted octanol–water partition coefficient (Wildman–Crippen LogP) is 2.55. The van der Waals surface area contributed by atoms with Crippen LogP contribution in [-0.4, -0.2) is 36.7 Å². The minimum absolute atomic E-state index is 0.00993. The predicted molar refractivity (Wildman–Crippen MR) is 82.3 cm³/mol. The highest BCUT2D eigenvalue weighted by Crippen LogP contribution is 2.26. The number of hydrogen-bond acceptors (Lipinski definition) is 4. The molecule has 1 aliphatic rings. The van der Waals surface area contributed by atoms with Gasteiger partial charge in [0.15, 0.2) is 0 Å². The second kappa shape index (κ2) is 6.15. The Kier molecular flexibility index (Phi) is 4.68. The van der Waals surface area contributed by atoms with Gasteiger partial charge in [-0.1, -0.05) is 29.8 Å². The van der Waals surface area contributed by atoms with E-state index in [9.17, 15) is 8.42 Å². The monoisotopic (exact) mass is 310 g/mol. The molecule has 5 nitrogen and oxygen atoms in total. The van der Waals surface area contributed by atoms with Crippen LogP contribution in [0.5, 0.6) is 0 Å². The highest BCUT2D eigenvalue weighted by molar-refractivity contribution is 7.89. The normalized spacial score (nSPS) is 22.6. The van der Waals surface area contributed by atoms with Crippen molar-refractivity contribution >= 4 is 15.7 Å². The van der Waals surface area contributed by atoms with Crippen molar-refractivity contribution in [1.29, 1.82) is 0 Å². The average molecular weight is 310 g/mol. The third kappa shape index (κ3) is 3.11. The van der Waals surface area contributed by atoms with Crippen LogP contribution < -0.4 is 0 Å². The zero-order chi connectivity index (χ0) is 15.6. The van der Waals surface area contributed by atoms with E-state index in [1.807, 2.05) is 32.9 Å². The number of benzene rings is 1. The molecule has 6 heteroatoms. The molecular weight excluding hydrogens is 288 g/mol. The Balaban J connectivity index is 2.32. The topological polar surface area (TPSA) is 70.0 Å². The van der Waals surface area contributed by atoms with Crippen LogP contribution in [0, 0.1) is 19.8 Å². The fourth-order valence-electron chi connectivity index (χ4n) is 2.83. The Morgan fingerprint density at radius 2 is 2.10 bits per heavy atom. The molecule has 0 bridgehead atoms. The van der Waals surface area contributed by atoms with E-state index in [1.165, 1.54) is 4.31 Å². The fourth-order valence-corrected chi connectivity index (χ4v) is 4.52. The quantitative estimate of drug-likeness (QED) is 0.689. The molecule has 1 aromatic rings. The van der Waals surface area contributed by atoms with Gasteiger partial charge in [-0.25, -0.2) is 8.42 Å². The molecular formula is C15H22N2O3S. The lowest BCUT2D eigenvalue weighted by molar-refractivity contribution is 0.295. The zero-order valence-electron chi connectivity index (χ0n) is 12.7. The van der Waals surface area contributed by atoms with Crippen molar-refractivity contribution < 1.29 is 13.6 Å². The van der Waals surface area contributed by atoms with Crippen molar-refractivity contribution in [2.45, 2.75) is 38.5 Å². The minimum atomic E-state index is -3.49. The second-order valence-corrected chi connectivity index (χ2v) is 7.48. The largest absolute Gasteiger partial charge is 0.411 e. The van der Waals surface area contributed by atoms with Crippen LogP contribution in [0.25, 0.3) is 0 Å². The van der Waals surface area contributed by atoms with Gasteiger partial charge in [0, 0.05) is 25.4 Å². The molecule has 1 aromatic carbocycles. The molecule has 2 rings (SSSR count). The van der Waals surface area contributed by atoms with E-state index in [0.29, 0.717) is 30.1 Å². The van der Waals surface area contributed by atoms with E-state index in [-0.39, 0.29) is 5.92 Å². The number of rotatable bonds is 3. The summed E-state index contributed by atoms with van der Waals surface area (Å²) in [5.74, 6) is -0.00993. The summed E-state index contributed by atoms with van der Waals surface area (Å²) in [7, 11) is -3.49. The highest BCUT2D eigenvalue weighted by atomic mass is 32.2. The van der Waals surface area contributed by atoms with E-state index in [4.69, 9.17) is 5.21 Å². The van der Waals surface area contributed by atoms with Crippen LogP contribution in [0.4, 0.5) is 0 Å². The van der Waals surface area contributed by atoms with E-state index in [1.54, 1.807) is 6.07 Å². The lowest BCUT2D eigenvalue weighted by Gasteiger charge is -2.32. The van der Waals surface area contributed by atoms with Crippen molar-refractivity contribution in [3.05, 3.63) is 29.3 Å². The van der Waals surface area contributed by atoms with Crippen LogP contribution in [-0.2, 0) is 10.0 Å². The second-order valence-electron chi connectivity index (χ2n) is 5.58. The van der Waals surface area contributed by atoms with Gasteiger partial charge in [0.25, 0.3) is 0 Å². The van der Waals surface area contributed by atoms with E-state index >= 15 is 0 Å². The Morgan fingerprint density at radius 3 is 2.67 bits per heavy atom. The van der Waals surface area contributed by atoms with E-state index < -0.39 is 10.0 Å².